The highest BCUT2D eigenvalue weighted by Gasteiger charge is 2.20. The van der Waals surface area contributed by atoms with Crippen molar-refractivity contribution in [1.29, 1.82) is 0 Å². The number of methoxy groups -OCH3 is 1. The Balaban J connectivity index is 1.50. The minimum atomic E-state index is 0.273. The summed E-state index contributed by atoms with van der Waals surface area (Å²) in [4.78, 5) is 12.7. The van der Waals surface area contributed by atoms with Crippen LogP contribution in [0.2, 0.25) is 0 Å². The second-order valence-electron chi connectivity index (χ2n) is 6.10. The fourth-order valence-corrected chi connectivity index (χ4v) is 3.74. The van der Waals surface area contributed by atoms with Crippen LogP contribution in [-0.4, -0.2) is 33.6 Å². The minimum Gasteiger partial charge on any atom is -0.507 e. The molecule has 5 nitrogen and oxygen atoms in total. The predicted molar refractivity (Wildman–Crippen MR) is 97.8 cm³/mol. The second kappa shape index (κ2) is 6.82. The van der Waals surface area contributed by atoms with Gasteiger partial charge < -0.3 is 9.84 Å². The van der Waals surface area contributed by atoms with Gasteiger partial charge in [-0.15, -0.1) is 11.3 Å². The number of thiophene rings is 1. The van der Waals surface area contributed by atoms with Gasteiger partial charge in [-0.05, 0) is 17.5 Å². The average Bonchev–Trinajstić information content (AvgIpc) is 3.17. The molecule has 0 fully saturated rings. The number of aromatic hydroxyl groups is 1. The topological polar surface area (TPSA) is 58.5 Å². The van der Waals surface area contributed by atoms with Crippen LogP contribution in [0.4, 0.5) is 0 Å². The summed E-state index contributed by atoms with van der Waals surface area (Å²) < 4.78 is 5.14. The molecular weight excluding hydrogens is 334 g/mol. The summed E-state index contributed by atoms with van der Waals surface area (Å²) >= 11 is 1.66. The molecule has 0 aliphatic carbocycles. The number of hydrogen-bond acceptors (Lipinski definition) is 6. The number of aromatic nitrogens is 2. The predicted octanol–water partition coefficient (Wildman–Crippen LogP) is 3.48. The number of benzene rings is 1. The molecule has 3 aromatic rings. The summed E-state index contributed by atoms with van der Waals surface area (Å²) in [5, 5.41) is 12.2. The normalized spacial score (nSPS) is 14.3. The lowest BCUT2D eigenvalue weighted by Gasteiger charge is -2.28. The first kappa shape index (κ1) is 16.1. The Morgan fingerprint density at radius 3 is 3.00 bits per heavy atom. The zero-order valence-electron chi connectivity index (χ0n) is 14.0. The van der Waals surface area contributed by atoms with E-state index in [0.29, 0.717) is 12.3 Å². The first-order chi connectivity index (χ1) is 12.2. The van der Waals surface area contributed by atoms with E-state index in [1.807, 2.05) is 35.8 Å². The zero-order chi connectivity index (χ0) is 17.2. The molecule has 1 aliphatic heterocycles. The van der Waals surface area contributed by atoms with E-state index in [1.54, 1.807) is 24.5 Å². The second-order valence-corrected chi connectivity index (χ2v) is 7.05. The number of rotatable bonds is 4. The molecule has 128 valence electrons. The van der Waals surface area contributed by atoms with E-state index in [1.165, 1.54) is 5.56 Å². The molecule has 0 unspecified atom stereocenters. The molecule has 0 amide bonds. The first-order valence-electron chi connectivity index (χ1n) is 8.20. The van der Waals surface area contributed by atoms with Gasteiger partial charge in [0.1, 0.15) is 11.5 Å². The summed E-state index contributed by atoms with van der Waals surface area (Å²) in [6, 6.07) is 9.52. The Morgan fingerprint density at radius 2 is 2.24 bits per heavy atom. The van der Waals surface area contributed by atoms with Crippen LogP contribution in [0.3, 0.4) is 0 Å². The van der Waals surface area contributed by atoms with Gasteiger partial charge in [-0.3, -0.25) is 4.90 Å². The minimum absolute atomic E-state index is 0.273. The third-order valence-corrected chi connectivity index (χ3v) is 5.31. The van der Waals surface area contributed by atoms with Crippen molar-refractivity contribution < 1.29 is 9.84 Å². The van der Waals surface area contributed by atoms with Gasteiger partial charge in [0.05, 0.1) is 17.7 Å². The molecule has 1 aromatic carbocycles. The Morgan fingerprint density at radius 1 is 1.32 bits per heavy atom. The molecule has 0 atom stereocenters. The summed E-state index contributed by atoms with van der Waals surface area (Å²) in [7, 11) is 1.60. The number of phenolic OH excluding ortho intramolecular Hbond substituents is 1. The Hall–Kier alpha value is -2.44. The molecule has 1 aliphatic rings. The summed E-state index contributed by atoms with van der Waals surface area (Å²) in [5.74, 6) is 1.75. The molecule has 2 aromatic heterocycles. The van der Waals surface area contributed by atoms with Gasteiger partial charge in [0.25, 0.3) is 0 Å². The van der Waals surface area contributed by atoms with Gasteiger partial charge in [0.15, 0.2) is 5.82 Å². The Labute approximate surface area is 150 Å². The third-order valence-electron chi connectivity index (χ3n) is 4.44. The molecule has 0 saturated heterocycles. The maximum atomic E-state index is 10.2. The van der Waals surface area contributed by atoms with E-state index >= 15 is 0 Å². The highest BCUT2D eigenvalue weighted by Crippen LogP contribution is 2.28. The number of fused-ring (bicyclic) bond motifs is 1. The monoisotopic (exact) mass is 353 g/mol. The maximum absolute atomic E-state index is 10.2. The SMILES string of the molecule is COc1ccc(CN2CCc3nc(-c4cccs4)ncc3C2)c(O)c1. The zero-order valence-corrected chi connectivity index (χ0v) is 14.8. The lowest BCUT2D eigenvalue weighted by atomic mass is 10.1. The number of ether oxygens (including phenoxy) is 1. The van der Waals surface area contributed by atoms with Crippen LogP contribution < -0.4 is 4.74 Å². The Bertz CT molecular complexity index is 880. The molecule has 0 spiro atoms. The van der Waals surface area contributed by atoms with Crippen molar-refractivity contribution in [1.82, 2.24) is 14.9 Å². The number of hydrogen-bond donors (Lipinski definition) is 1. The number of nitrogens with zero attached hydrogens (tertiary/aromatic N) is 3. The average molecular weight is 353 g/mol. The van der Waals surface area contributed by atoms with Crippen LogP contribution in [0.15, 0.2) is 41.9 Å². The van der Waals surface area contributed by atoms with Crippen LogP contribution >= 0.6 is 11.3 Å². The molecule has 1 N–H and O–H groups in total. The maximum Gasteiger partial charge on any atom is 0.169 e. The summed E-state index contributed by atoms with van der Waals surface area (Å²) in [5.41, 5.74) is 3.20. The van der Waals surface area contributed by atoms with Crippen molar-refractivity contribution in [2.24, 2.45) is 0 Å². The van der Waals surface area contributed by atoms with E-state index < -0.39 is 0 Å². The molecule has 0 radical (unpaired) electrons. The first-order valence-corrected chi connectivity index (χ1v) is 9.08. The van der Waals surface area contributed by atoms with E-state index in [2.05, 4.69) is 9.88 Å². The molecule has 25 heavy (non-hydrogen) atoms. The van der Waals surface area contributed by atoms with Gasteiger partial charge in [-0.25, -0.2) is 9.97 Å². The molecule has 0 bridgehead atoms. The molecule has 4 rings (SSSR count). The van der Waals surface area contributed by atoms with Crippen LogP contribution in [0, 0.1) is 0 Å². The molecule has 3 heterocycles. The van der Waals surface area contributed by atoms with E-state index in [0.717, 1.165) is 41.5 Å². The highest BCUT2D eigenvalue weighted by molar-refractivity contribution is 7.13. The smallest absolute Gasteiger partial charge is 0.169 e. The lowest BCUT2D eigenvalue weighted by molar-refractivity contribution is 0.239. The lowest BCUT2D eigenvalue weighted by Crippen LogP contribution is -2.31. The van der Waals surface area contributed by atoms with Crippen molar-refractivity contribution in [3.8, 4) is 22.2 Å². The summed E-state index contributed by atoms with van der Waals surface area (Å²) in [6.45, 7) is 2.41. The molecule has 6 heteroatoms. The molecule has 0 saturated carbocycles. The number of phenols is 1. The van der Waals surface area contributed by atoms with Crippen LogP contribution in [0.25, 0.3) is 10.7 Å². The van der Waals surface area contributed by atoms with Crippen molar-refractivity contribution in [2.75, 3.05) is 13.7 Å². The fraction of sp³-hybridized carbons (Fsp3) is 0.263. The van der Waals surface area contributed by atoms with Crippen molar-refractivity contribution in [3.63, 3.8) is 0 Å². The fourth-order valence-electron chi connectivity index (χ4n) is 3.08. The highest BCUT2D eigenvalue weighted by atomic mass is 32.1. The molecular formula is C19H19N3O2S. The van der Waals surface area contributed by atoms with Gasteiger partial charge in [-0.1, -0.05) is 12.1 Å². The van der Waals surface area contributed by atoms with Gasteiger partial charge in [0.2, 0.25) is 0 Å². The van der Waals surface area contributed by atoms with Gasteiger partial charge >= 0.3 is 0 Å². The van der Waals surface area contributed by atoms with Gasteiger partial charge in [0, 0.05) is 49.4 Å². The van der Waals surface area contributed by atoms with Crippen molar-refractivity contribution in [2.45, 2.75) is 19.5 Å². The van der Waals surface area contributed by atoms with Crippen LogP contribution in [0.5, 0.6) is 11.5 Å². The standard InChI is InChI=1S/C19H19N3O2S/c1-24-15-5-4-13(17(23)9-15)11-22-7-6-16-14(12-22)10-20-19(21-16)18-3-2-8-25-18/h2-5,8-10,23H,6-7,11-12H2,1H3. The summed E-state index contributed by atoms with van der Waals surface area (Å²) in [6.07, 6.45) is 2.84. The van der Waals surface area contributed by atoms with E-state index in [4.69, 9.17) is 9.72 Å². The third kappa shape index (κ3) is 3.36. The Kier molecular flexibility index (Phi) is 4.38. The van der Waals surface area contributed by atoms with E-state index in [9.17, 15) is 5.11 Å². The van der Waals surface area contributed by atoms with Gasteiger partial charge in [-0.2, -0.15) is 0 Å². The van der Waals surface area contributed by atoms with Crippen LogP contribution in [0.1, 0.15) is 16.8 Å². The van der Waals surface area contributed by atoms with Crippen molar-refractivity contribution >= 4 is 11.3 Å². The van der Waals surface area contributed by atoms with Crippen molar-refractivity contribution in [3.05, 3.63) is 58.7 Å². The quantitative estimate of drug-likeness (QED) is 0.778. The van der Waals surface area contributed by atoms with E-state index in [-0.39, 0.29) is 5.75 Å². The largest absolute Gasteiger partial charge is 0.507 e. The van der Waals surface area contributed by atoms with Crippen LogP contribution in [-0.2, 0) is 19.5 Å².